The predicted octanol–water partition coefficient (Wildman–Crippen LogP) is 3.00. The van der Waals surface area contributed by atoms with Crippen LogP contribution in [0.2, 0.25) is 0 Å². The Labute approximate surface area is 115 Å². The lowest BCUT2D eigenvalue weighted by molar-refractivity contribution is -0.137. The minimum atomic E-state index is -4.47. The van der Waals surface area contributed by atoms with Gasteiger partial charge in [0.05, 0.1) is 22.9 Å². The highest BCUT2D eigenvalue weighted by molar-refractivity contribution is 5.59. The molecule has 20 heavy (non-hydrogen) atoms. The van der Waals surface area contributed by atoms with Crippen molar-refractivity contribution in [2.45, 2.75) is 25.4 Å². The van der Waals surface area contributed by atoms with E-state index in [9.17, 15) is 13.2 Å². The maximum absolute atomic E-state index is 12.6. The fraction of sp³-hybridized carbons (Fsp3) is 0.462. The van der Waals surface area contributed by atoms with Gasteiger partial charge < -0.3 is 14.8 Å². The van der Waals surface area contributed by atoms with E-state index in [0.717, 1.165) is 12.1 Å². The van der Waals surface area contributed by atoms with Gasteiger partial charge in [0.1, 0.15) is 6.07 Å². The van der Waals surface area contributed by atoms with Gasteiger partial charge in [-0.1, -0.05) is 0 Å². The standard InChI is InChI=1S/C13H15F3N2O2/c1-8(12(19-2)20-3)18-11-5-4-10(13(14,15)16)6-9(11)7-17/h4-6,8,12,18H,1-3H3. The molecule has 7 heteroatoms. The number of ether oxygens (including phenoxy) is 2. The van der Waals surface area contributed by atoms with Crippen molar-refractivity contribution >= 4 is 5.69 Å². The summed E-state index contributed by atoms with van der Waals surface area (Å²) in [5.74, 6) is 0. The van der Waals surface area contributed by atoms with Crippen molar-refractivity contribution in [1.82, 2.24) is 0 Å². The molecule has 110 valence electrons. The Morgan fingerprint density at radius 2 is 1.85 bits per heavy atom. The van der Waals surface area contributed by atoms with Crippen molar-refractivity contribution in [3.63, 3.8) is 0 Å². The lowest BCUT2D eigenvalue weighted by Crippen LogP contribution is -2.34. The van der Waals surface area contributed by atoms with E-state index in [2.05, 4.69) is 5.32 Å². The van der Waals surface area contributed by atoms with Crippen LogP contribution in [0, 0.1) is 11.3 Å². The molecule has 1 aromatic rings. The van der Waals surface area contributed by atoms with Crippen LogP contribution in [0.25, 0.3) is 0 Å². The molecule has 0 radical (unpaired) electrons. The molecule has 1 unspecified atom stereocenters. The second kappa shape index (κ2) is 6.59. The van der Waals surface area contributed by atoms with Gasteiger partial charge >= 0.3 is 6.18 Å². The van der Waals surface area contributed by atoms with E-state index >= 15 is 0 Å². The topological polar surface area (TPSA) is 54.3 Å². The summed E-state index contributed by atoms with van der Waals surface area (Å²) in [6.45, 7) is 1.73. The highest BCUT2D eigenvalue weighted by Crippen LogP contribution is 2.31. The molecule has 0 amide bonds. The van der Waals surface area contributed by atoms with Gasteiger partial charge in [-0.05, 0) is 25.1 Å². The molecule has 4 nitrogen and oxygen atoms in total. The number of rotatable bonds is 5. The van der Waals surface area contributed by atoms with Crippen LogP contribution in [0.4, 0.5) is 18.9 Å². The third kappa shape index (κ3) is 3.85. The van der Waals surface area contributed by atoms with Gasteiger partial charge in [0.15, 0.2) is 6.29 Å². The molecule has 0 saturated heterocycles. The normalized spacial score (nSPS) is 13.1. The summed E-state index contributed by atoms with van der Waals surface area (Å²) in [7, 11) is 2.90. The van der Waals surface area contributed by atoms with Gasteiger partial charge in [-0.3, -0.25) is 0 Å². The number of anilines is 1. The van der Waals surface area contributed by atoms with Crippen molar-refractivity contribution in [2.24, 2.45) is 0 Å². The summed E-state index contributed by atoms with van der Waals surface area (Å²) >= 11 is 0. The molecule has 0 heterocycles. The van der Waals surface area contributed by atoms with Gasteiger partial charge in [-0.2, -0.15) is 18.4 Å². The summed E-state index contributed by atoms with van der Waals surface area (Å²) < 4.78 is 47.8. The van der Waals surface area contributed by atoms with Gasteiger partial charge in [-0.25, -0.2) is 0 Å². The zero-order chi connectivity index (χ0) is 15.3. The number of hydrogen-bond donors (Lipinski definition) is 1. The summed E-state index contributed by atoms with van der Waals surface area (Å²) in [4.78, 5) is 0. The monoisotopic (exact) mass is 288 g/mol. The molecule has 0 saturated carbocycles. The van der Waals surface area contributed by atoms with E-state index < -0.39 is 18.0 Å². The lowest BCUT2D eigenvalue weighted by atomic mass is 10.1. The van der Waals surface area contributed by atoms with Crippen LogP contribution >= 0.6 is 0 Å². The minimum absolute atomic E-state index is 0.0855. The Bertz CT molecular complexity index is 493. The van der Waals surface area contributed by atoms with E-state index in [4.69, 9.17) is 14.7 Å². The van der Waals surface area contributed by atoms with Gasteiger partial charge in [0.2, 0.25) is 0 Å². The van der Waals surface area contributed by atoms with Crippen molar-refractivity contribution in [3.05, 3.63) is 29.3 Å². The molecule has 0 spiro atoms. The van der Waals surface area contributed by atoms with Crippen molar-refractivity contribution in [3.8, 4) is 6.07 Å². The maximum atomic E-state index is 12.6. The Morgan fingerprint density at radius 1 is 1.25 bits per heavy atom. The maximum Gasteiger partial charge on any atom is 0.416 e. The fourth-order valence-electron chi connectivity index (χ4n) is 1.76. The van der Waals surface area contributed by atoms with Crippen LogP contribution in [0.1, 0.15) is 18.1 Å². The summed E-state index contributed by atoms with van der Waals surface area (Å²) in [6.07, 6.45) is -5.05. The summed E-state index contributed by atoms with van der Waals surface area (Å²) in [5, 5.41) is 11.9. The van der Waals surface area contributed by atoms with Crippen LogP contribution in [0.3, 0.4) is 0 Å². The molecule has 0 aliphatic heterocycles. The first kappa shape index (κ1) is 16.3. The Morgan fingerprint density at radius 3 is 2.30 bits per heavy atom. The van der Waals surface area contributed by atoms with Crippen LogP contribution in [-0.4, -0.2) is 26.6 Å². The SMILES string of the molecule is COC(OC)C(C)Nc1ccc(C(F)(F)F)cc1C#N. The van der Waals surface area contributed by atoms with Crippen molar-refractivity contribution in [2.75, 3.05) is 19.5 Å². The number of nitrogens with zero attached hydrogens (tertiary/aromatic N) is 1. The quantitative estimate of drug-likeness (QED) is 0.846. The van der Waals surface area contributed by atoms with E-state index in [1.807, 2.05) is 0 Å². The van der Waals surface area contributed by atoms with Crippen LogP contribution in [-0.2, 0) is 15.7 Å². The van der Waals surface area contributed by atoms with E-state index in [1.165, 1.54) is 20.3 Å². The van der Waals surface area contributed by atoms with Gasteiger partial charge in [0, 0.05) is 14.2 Å². The lowest BCUT2D eigenvalue weighted by Gasteiger charge is -2.23. The summed E-state index contributed by atoms with van der Waals surface area (Å²) in [5.41, 5.74) is -0.646. The molecular weight excluding hydrogens is 273 g/mol. The minimum Gasteiger partial charge on any atom is -0.376 e. The molecule has 0 bridgehead atoms. The van der Waals surface area contributed by atoms with E-state index in [0.29, 0.717) is 5.69 Å². The first-order valence-corrected chi connectivity index (χ1v) is 5.77. The molecule has 0 aromatic heterocycles. The summed E-state index contributed by atoms with van der Waals surface area (Å²) in [6, 6.07) is 4.36. The average Bonchev–Trinajstić information content (AvgIpc) is 2.39. The average molecular weight is 288 g/mol. The molecule has 1 aromatic carbocycles. The molecule has 1 N–H and O–H groups in total. The zero-order valence-corrected chi connectivity index (χ0v) is 11.3. The highest BCUT2D eigenvalue weighted by atomic mass is 19.4. The molecule has 1 atom stereocenters. The first-order chi connectivity index (χ1) is 9.33. The van der Waals surface area contributed by atoms with Gasteiger partial charge in [0.25, 0.3) is 0 Å². The Kier molecular flexibility index (Phi) is 5.36. The first-order valence-electron chi connectivity index (χ1n) is 5.77. The molecule has 1 rings (SSSR count). The number of alkyl halides is 3. The van der Waals surface area contributed by atoms with Crippen LogP contribution in [0.5, 0.6) is 0 Å². The number of halogens is 3. The smallest absolute Gasteiger partial charge is 0.376 e. The molecule has 0 aliphatic rings. The fourth-order valence-corrected chi connectivity index (χ4v) is 1.76. The van der Waals surface area contributed by atoms with E-state index in [-0.39, 0.29) is 11.6 Å². The van der Waals surface area contributed by atoms with E-state index in [1.54, 1.807) is 13.0 Å². The third-order valence-electron chi connectivity index (χ3n) is 2.72. The third-order valence-corrected chi connectivity index (χ3v) is 2.72. The molecule has 0 aliphatic carbocycles. The number of nitriles is 1. The molecule has 0 fully saturated rings. The highest BCUT2D eigenvalue weighted by Gasteiger charge is 2.31. The predicted molar refractivity (Wildman–Crippen MR) is 67.0 cm³/mol. The Hall–Kier alpha value is -1.78. The molecular formula is C13H15F3N2O2. The second-order valence-electron chi connectivity index (χ2n) is 4.14. The second-order valence-corrected chi connectivity index (χ2v) is 4.14. The largest absolute Gasteiger partial charge is 0.416 e. The Balaban J connectivity index is 3.00. The van der Waals surface area contributed by atoms with Crippen molar-refractivity contribution < 1.29 is 22.6 Å². The van der Waals surface area contributed by atoms with Crippen LogP contribution < -0.4 is 5.32 Å². The van der Waals surface area contributed by atoms with Crippen LogP contribution in [0.15, 0.2) is 18.2 Å². The van der Waals surface area contributed by atoms with Gasteiger partial charge in [-0.15, -0.1) is 0 Å². The zero-order valence-electron chi connectivity index (χ0n) is 11.3. The number of hydrogen-bond acceptors (Lipinski definition) is 4. The number of nitrogens with one attached hydrogen (secondary N) is 1. The number of benzene rings is 1. The van der Waals surface area contributed by atoms with Crippen molar-refractivity contribution in [1.29, 1.82) is 5.26 Å². The number of methoxy groups -OCH3 is 2.